The zero-order valence-corrected chi connectivity index (χ0v) is 7.03. The number of nitrogens with one attached hydrogen (secondary N) is 1. The molecule has 0 bridgehead atoms. The van der Waals surface area contributed by atoms with Crippen LogP contribution in [0.4, 0.5) is 13.2 Å². The van der Waals surface area contributed by atoms with E-state index >= 15 is 0 Å². The molecule has 0 aromatic heterocycles. The van der Waals surface area contributed by atoms with E-state index in [1.807, 2.05) is 0 Å². The molecule has 0 fully saturated rings. The highest BCUT2D eigenvalue weighted by molar-refractivity contribution is 5.97. The Kier molecular flexibility index (Phi) is 1.94. The molecule has 0 saturated heterocycles. The standard InChI is InChI=1S/C9H6F3NO/c10-5-3-4-1-2-13-9(14)6(4)8(12)7(5)11/h3H,1-2H2,(H,13,14). The van der Waals surface area contributed by atoms with Crippen molar-refractivity contribution in [2.45, 2.75) is 6.42 Å². The molecule has 1 aliphatic rings. The molecule has 74 valence electrons. The van der Waals surface area contributed by atoms with Crippen LogP contribution in [0.1, 0.15) is 15.9 Å². The molecule has 0 atom stereocenters. The van der Waals surface area contributed by atoms with Crippen molar-refractivity contribution in [2.75, 3.05) is 6.54 Å². The lowest BCUT2D eigenvalue weighted by Gasteiger charge is -2.17. The zero-order valence-electron chi connectivity index (χ0n) is 7.03. The maximum Gasteiger partial charge on any atom is 0.254 e. The van der Waals surface area contributed by atoms with Gasteiger partial charge in [-0.3, -0.25) is 4.79 Å². The van der Waals surface area contributed by atoms with Crippen LogP contribution in [-0.2, 0) is 6.42 Å². The van der Waals surface area contributed by atoms with Crippen LogP contribution in [0.2, 0.25) is 0 Å². The third-order valence-electron chi connectivity index (χ3n) is 2.15. The van der Waals surface area contributed by atoms with E-state index in [-0.39, 0.29) is 11.1 Å². The van der Waals surface area contributed by atoms with Gasteiger partial charge in [0.25, 0.3) is 5.91 Å². The SMILES string of the molecule is O=C1NCCc2cc(F)c(F)c(F)c21. The molecule has 2 nitrogen and oxygen atoms in total. The molecule has 0 aliphatic carbocycles. The molecule has 0 spiro atoms. The molecule has 0 radical (unpaired) electrons. The number of hydrogen-bond acceptors (Lipinski definition) is 1. The van der Waals surface area contributed by atoms with Crippen molar-refractivity contribution >= 4 is 5.91 Å². The summed E-state index contributed by atoms with van der Waals surface area (Å²) in [7, 11) is 0. The predicted octanol–water partition coefficient (Wildman–Crippen LogP) is 1.39. The summed E-state index contributed by atoms with van der Waals surface area (Å²) in [6, 6.07) is 0.868. The molecule has 1 aliphatic heterocycles. The van der Waals surface area contributed by atoms with Gasteiger partial charge in [0.1, 0.15) is 0 Å². The molecular formula is C9H6F3NO. The second-order valence-corrected chi connectivity index (χ2v) is 3.03. The van der Waals surface area contributed by atoms with E-state index in [1.165, 1.54) is 0 Å². The second kappa shape index (κ2) is 3.01. The van der Waals surface area contributed by atoms with Crippen molar-refractivity contribution in [1.82, 2.24) is 5.32 Å². The van der Waals surface area contributed by atoms with Crippen molar-refractivity contribution in [2.24, 2.45) is 0 Å². The Balaban J connectivity index is 2.70. The average molecular weight is 201 g/mol. The first-order valence-corrected chi connectivity index (χ1v) is 4.06. The summed E-state index contributed by atoms with van der Waals surface area (Å²) < 4.78 is 38.6. The molecule has 1 N–H and O–H groups in total. The number of fused-ring (bicyclic) bond motifs is 1. The first-order chi connectivity index (χ1) is 6.61. The maximum absolute atomic E-state index is 13.1. The van der Waals surface area contributed by atoms with Crippen LogP contribution in [0.25, 0.3) is 0 Å². The number of benzene rings is 1. The molecule has 14 heavy (non-hydrogen) atoms. The van der Waals surface area contributed by atoms with Gasteiger partial charge >= 0.3 is 0 Å². The van der Waals surface area contributed by atoms with Crippen LogP contribution in [-0.4, -0.2) is 12.5 Å². The second-order valence-electron chi connectivity index (χ2n) is 3.03. The number of carbonyl (C=O) groups is 1. The minimum atomic E-state index is -1.60. The van der Waals surface area contributed by atoms with E-state index in [2.05, 4.69) is 5.32 Å². The van der Waals surface area contributed by atoms with Crippen molar-refractivity contribution < 1.29 is 18.0 Å². The summed E-state index contributed by atoms with van der Waals surface area (Å²) >= 11 is 0. The van der Waals surface area contributed by atoms with Crippen LogP contribution in [0.15, 0.2) is 6.07 Å². The van der Waals surface area contributed by atoms with Gasteiger partial charge in [0, 0.05) is 6.54 Å². The van der Waals surface area contributed by atoms with E-state index < -0.39 is 23.4 Å². The van der Waals surface area contributed by atoms with Crippen molar-refractivity contribution in [3.05, 3.63) is 34.6 Å². The van der Waals surface area contributed by atoms with Gasteiger partial charge < -0.3 is 5.32 Å². The average Bonchev–Trinajstić information content (AvgIpc) is 2.14. The van der Waals surface area contributed by atoms with Crippen molar-refractivity contribution in [3.8, 4) is 0 Å². The summed E-state index contributed by atoms with van der Waals surface area (Å²) in [5.74, 6) is -4.95. The van der Waals surface area contributed by atoms with E-state index in [4.69, 9.17) is 0 Å². The lowest BCUT2D eigenvalue weighted by molar-refractivity contribution is 0.0940. The first kappa shape index (κ1) is 9.05. The fraction of sp³-hybridized carbons (Fsp3) is 0.222. The quantitative estimate of drug-likeness (QED) is 0.631. The molecule has 0 unspecified atom stereocenters. The minimum absolute atomic E-state index is 0.213. The highest BCUT2D eigenvalue weighted by atomic mass is 19.2. The van der Waals surface area contributed by atoms with E-state index in [0.717, 1.165) is 6.07 Å². The summed E-state index contributed by atoms with van der Waals surface area (Å²) in [5.41, 5.74) is -0.166. The largest absolute Gasteiger partial charge is 0.352 e. The van der Waals surface area contributed by atoms with Crippen LogP contribution >= 0.6 is 0 Å². The van der Waals surface area contributed by atoms with Gasteiger partial charge in [0.2, 0.25) is 0 Å². The molecular weight excluding hydrogens is 195 g/mol. The summed E-state index contributed by atoms with van der Waals surface area (Å²) in [6.45, 7) is 0.316. The van der Waals surface area contributed by atoms with Gasteiger partial charge in [0.05, 0.1) is 5.56 Å². The summed E-state index contributed by atoms with van der Waals surface area (Å²) in [5, 5.41) is 2.36. The van der Waals surface area contributed by atoms with Gasteiger partial charge in [-0.15, -0.1) is 0 Å². The summed E-state index contributed by atoms with van der Waals surface area (Å²) in [4.78, 5) is 11.1. The third-order valence-corrected chi connectivity index (χ3v) is 2.15. The highest BCUT2D eigenvalue weighted by Gasteiger charge is 2.25. The zero-order chi connectivity index (χ0) is 10.3. The Bertz CT molecular complexity index is 417. The monoisotopic (exact) mass is 201 g/mol. The lowest BCUT2D eigenvalue weighted by Crippen LogP contribution is -2.33. The lowest BCUT2D eigenvalue weighted by atomic mass is 9.99. The van der Waals surface area contributed by atoms with Crippen molar-refractivity contribution in [3.63, 3.8) is 0 Å². The first-order valence-electron chi connectivity index (χ1n) is 4.06. The normalized spacial score (nSPS) is 14.9. The Morgan fingerprint density at radius 1 is 1.21 bits per heavy atom. The minimum Gasteiger partial charge on any atom is -0.352 e. The van der Waals surface area contributed by atoms with E-state index in [1.54, 1.807) is 0 Å². The molecule has 1 aromatic carbocycles. The number of hydrogen-bond donors (Lipinski definition) is 1. The van der Waals surface area contributed by atoms with Gasteiger partial charge in [0.15, 0.2) is 17.5 Å². The number of halogens is 3. The summed E-state index contributed by atoms with van der Waals surface area (Å²) in [6.07, 6.45) is 0.315. The maximum atomic E-state index is 13.1. The predicted molar refractivity (Wildman–Crippen MR) is 42.4 cm³/mol. The fourth-order valence-corrected chi connectivity index (χ4v) is 1.49. The Labute approximate surface area is 77.7 Å². The number of rotatable bonds is 0. The van der Waals surface area contributed by atoms with Crippen LogP contribution < -0.4 is 5.32 Å². The highest BCUT2D eigenvalue weighted by Crippen LogP contribution is 2.22. The van der Waals surface area contributed by atoms with E-state index in [0.29, 0.717) is 13.0 Å². The van der Waals surface area contributed by atoms with Gasteiger partial charge in [-0.1, -0.05) is 0 Å². The Morgan fingerprint density at radius 2 is 1.93 bits per heavy atom. The molecule has 2 rings (SSSR count). The molecule has 5 heteroatoms. The Hall–Kier alpha value is -1.52. The van der Waals surface area contributed by atoms with E-state index in [9.17, 15) is 18.0 Å². The molecule has 1 heterocycles. The Morgan fingerprint density at radius 3 is 2.64 bits per heavy atom. The van der Waals surface area contributed by atoms with Crippen LogP contribution in [0, 0.1) is 17.5 Å². The fourth-order valence-electron chi connectivity index (χ4n) is 1.49. The number of amides is 1. The van der Waals surface area contributed by atoms with Crippen molar-refractivity contribution in [1.29, 1.82) is 0 Å². The van der Waals surface area contributed by atoms with Crippen LogP contribution in [0.5, 0.6) is 0 Å². The molecule has 1 amide bonds. The van der Waals surface area contributed by atoms with Gasteiger partial charge in [-0.2, -0.15) is 0 Å². The smallest absolute Gasteiger partial charge is 0.254 e. The van der Waals surface area contributed by atoms with Gasteiger partial charge in [-0.25, -0.2) is 13.2 Å². The number of carbonyl (C=O) groups excluding carboxylic acids is 1. The topological polar surface area (TPSA) is 29.1 Å². The van der Waals surface area contributed by atoms with Crippen LogP contribution in [0.3, 0.4) is 0 Å². The van der Waals surface area contributed by atoms with Gasteiger partial charge in [-0.05, 0) is 18.1 Å². The third kappa shape index (κ3) is 1.16. The molecule has 0 saturated carbocycles. The molecule has 1 aromatic rings.